The van der Waals surface area contributed by atoms with Crippen LogP contribution in [0.1, 0.15) is 0 Å². The van der Waals surface area contributed by atoms with Gasteiger partial charge in [0.05, 0.1) is 0 Å². The number of hydrogen-bond donors (Lipinski definition) is 6. The van der Waals surface area contributed by atoms with Crippen LogP contribution in [0, 0.1) is 0 Å². The predicted octanol–water partition coefficient (Wildman–Crippen LogP) is -1.68. The molecule has 7 nitrogen and oxygen atoms in total. The highest BCUT2D eigenvalue weighted by Crippen LogP contribution is 2.25. The second kappa shape index (κ2) is 7.95. The molecular weight excluding hydrogens is 205 g/mol. The summed E-state index contributed by atoms with van der Waals surface area (Å²) in [5, 5.41) is 0. The maximum atomic E-state index is 8.88. The van der Waals surface area contributed by atoms with Crippen molar-refractivity contribution in [1.29, 1.82) is 0 Å². The van der Waals surface area contributed by atoms with Gasteiger partial charge in [-0.25, -0.2) is 4.57 Å². The second-order valence-electron chi connectivity index (χ2n) is 0.782. The summed E-state index contributed by atoms with van der Waals surface area (Å²) in [7, 11) is -7.26. The maximum absolute atomic E-state index is 8.88. The minimum absolute atomic E-state index is 0. The van der Waals surface area contributed by atoms with E-state index in [-0.39, 0.29) is 9.90 Å². The van der Waals surface area contributed by atoms with Crippen molar-refractivity contribution in [2.45, 2.75) is 0 Å². The van der Waals surface area contributed by atoms with Crippen LogP contribution in [0.5, 0.6) is 0 Å². The number of phosphoric acid groups is 1. The molecular formula is H9O7P3. The third-order valence-electron chi connectivity index (χ3n) is 0. The summed E-state index contributed by atoms with van der Waals surface area (Å²) in [6.07, 6.45) is 0. The summed E-state index contributed by atoms with van der Waals surface area (Å²) < 4.78 is 8.88. The Bertz CT molecular complexity index is 80.0. The smallest absolute Gasteiger partial charge is 0.328 e. The lowest BCUT2D eigenvalue weighted by atomic mass is 15.8. The largest absolute Gasteiger partial charge is 0.466 e. The van der Waals surface area contributed by atoms with E-state index in [2.05, 4.69) is 0 Å². The Morgan fingerprint density at radius 3 is 1.00 bits per heavy atom. The van der Waals surface area contributed by atoms with Gasteiger partial charge in [-0.05, 0) is 0 Å². The van der Waals surface area contributed by atoms with Crippen molar-refractivity contribution >= 4 is 26.3 Å². The normalized spacial score (nSPS) is 9.50. The van der Waals surface area contributed by atoms with Gasteiger partial charge in [-0.1, -0.05) is 0 Å². The molecule has 1 unspecified atom stereocenters. The zero-order valence-corrected chi connectivity index (χ0v) is 7.90. The van der Waals surface area contributed by atoms with Crippen molar-refractivity contribution in [3.63, 3.8) is 0 Å². The first-order valence-electron chi connectivity index (χ1n) is 1.38. The molecule has 10 heteroatoms. The molecule has 1 atom stereocenters. The molecule has 6 N–H and O–H groups in total. The molecule has 0 spiro atoms. The van der Waals surface area contributed by atoms with Gasteiger partial charge in [-0.3, -0.25) is 0 Å². The average Bonchev–Trinajstić information content (AvgIpc) is 1.19. The molecule has 0 aromatic heterocycles. The van der Waals surface area contributed by atoms with Crippen molar-refractivity contribution in [3.8, 4) is 0 Å². The molecule has 0 aliphatic rings. The van der Waals surface area contributed by atoms with E-state index in [0.29, 0.717) is 0 Å². The Kier molecular flexibility index (Phi) is 13.6. The van der Waals surface area contributed by atoms with Gasteiger partial charge in [0.15, 0.2) is 0 Å². The minimum atomic E-state index is -4.64. The molecule has 0 aliphatic heterocycles. The summed E-state index contributed by atoms with van der Waals surface area (Å²) in [6.45, 7) is 0. The molecule has 0 amide bonds. The molecule has 0 heterocycles. The fraction of sp³-hybridized carbons (Fsp3) is 0. The van der Waals surface area contributed by atoms with Crippen LogP contribution in [0.15, 0.2) is 0 Å². The van der Waals surface area contributed by atoms with Gasteiger partial charge in [0, 0.05) is 0 Å². The molecule has 0 rings (SSSR count). The highest BCUT2D eigenvalue weighted by Gasteiger charge is 2.00. The molecule has 0 aromatic carbocycles. The summed E-state index contributed by atoms with van der Waals surface area (Å²) in [5.41, 5.74) is 0. The monoisotopic (exact) mass is 214 g/mol. The number of hydrogen-bond acceptors (Lipinski definition) is 4. The second-order valence-corrected chi connectivity index (χ2v) is 2.34. The quantitative estimate of drug-likeness (QED) is 0.265. The van der Waals surface area contributed by atoms with E-state index in [1.165, 1.54) is 0 Å². The fourth-order valence-electron chi connectivity index (χ4n) is 0. The van der Waals surface area contributed by atoms with E-state index < -0.39 is 16.4 Å². The average molecular weight is 214 g/mol. The van der Waals surface area contributed by atoms with Crippen LogP contribution >= 0.6 is 26.3 Å². The molecule has 0 bridgehead atoms. The first kappa shape index (κ1) is 17.1. The van der Waals surface area contributed by atoms with Gasteiger partial charge in [0.25, 0.3) is 0 Å². The minimum Gasteiger partial charge on any atom is -0.328 e. The summed E-state index contributed by atoms with van der Waals surface area (Å²) in [6, 6.07) is 0. The third-order valence-corrected chi connectivity index (χ3v) is 0. The Hall–Kier alpha value is 0.850. The SMILES string of the molecule is O=P(O)(O)O.OP(O)O.P. The maximum Gasteiger partial charge on any atom is 0.466 e. The van der Waals surface area contributed by atoms with Gasteiger partial charge in [0.2, 0.25) is 0 Å². The first-order chi connectivity index (χ1) is 3.73. The summed E-state index contributed by atoms with van der Waals surface area (Å²) in [4.78, 5) is 43.3. The first-order valence-corrected chi connectivity index (χ1v) is 4.15. The van der Waals surface area contributed by atoms with Crippen molar-refractivity contribution in [3.05, 3.63) is 0 Å². The van der Waals surface area contributed by atoms with Crippen molar-refractivity contribution < 1.29 is 33.9 Å². The van der Waals surface area contributed by atoms with Crippen LogP contribution < -0.4 is 0 Å². The molecule has 0 saturated carbocycles. The van der Waals surface area contributed by atoms with Crippen LogP contribution in [0.2, 0.25) is 0 Å². The zero-order valence-electron chi connectivity index (χ0n) is 4.69. The topological polar surface area (TPSA) is 138 Å². The number of rotatable bonds is 0. The molecule has 0 fully saturated rings. The molecule has 0 aliphatic carbocycles. The van der Waals surface area contributed by atoms with Gasteiger partial charge in [-0.2, -0.15) is 9.90 Å². The van der Waals surface area contributed by atoms with Gasteiger partial charge >= 0.3 is 16.4 Å². The molecule has 66 valence electrons. The van der Waals surface area contributed by atoms with Crippen molar-refractivity contribution in [2.75, 3.05) is 0 Å². The molecule has 0 saturated heterocycles. The highest BCUT2D eigenvalue weighted by atomic mass is 31.2. The fourth-order valence-corrected chi connectivity index (χ4v) is 0. The van der Waals surface area contributed by atoms with E-state index >= 15 is 0 Å². The standard InChI is InChI=1S/H3O4P.H3O3P.H3P/c1-5(2,3)4;1-4(2)3;/h(H3,1,2,3,4);1-3H;1H3. The molecule has 0 aromatic rings. The Morgan fingerprint density at radius 2 is 1.00 bits per heavy atom. The van der Waals surface area contributed by atoms with E-state index in [1.807, 2.05) is 0 Å². The van der Waals surface area contributed by atoms with Gasteiger partial charge < -0.3 is 29.4 Å². The zero-order chi connectivity index (χ0) is 8.08. The van der Waals surface area contributed by atoms with E-state index in [4.69, 9.17) is 33.9 Å². The van der Waals surface area contributed by atoms with E-state index in [0.717, 1.165) is 0 Å². The van der Waals surface area contributed by atoms with Gasteiger partial charge in [-0.15, -0.1) is 0 Å². The van der Waals surface area contributed by atoms with Crippen LogP contribution in [0.25, 0.3) is 0 Å². The Balaban J connectivity index is -0.0000000910. The van der Waals surface area contributed by atoms with E-state index in [1.54, 1.807) is 0 Å². The Labute approximate surface area is 61.2 Å². The molecule has 10 heavy (non-hydrogen) atoms. The lowest BCUT2D eigenvalue weighted by molar-refractivity contribution is 0.275. The van der Waals surface area contributed by atoms with Gasteiger partial charge in [0.1, 0.15) is 0 Å². The summed E-state index contributed by atoms with van der Waals surface area (Å²) >= 11 is 0. The highest BCUT2D eigenvalue weighted by molar-refractivity contribution is 7.45. The van der Waals surface area contributed by atoms with Crippen LogP contribution in [0.3, 0.4) is 0 Å². The van der Waals surface area contributed by atoms with Crippen LogP contribution in [0.4, 0.5) is 0 Å². The predicted molar refractivity (Wildman–Crippen MR) is 38.9 cm³/mol. The Morgan fingerprint density at radius 1 is 1.00 bits per heavy atom. The van der Waals surface area contributed by atoms with Crippen molar-refractivity contribution in [1.82, 2.24) is 0 Å². The lowest BCUT2D eigenvalue weighted by Gasteiger charge is -1.82. The summed E-state index contributed by atoms with van der Waals surface area (Å²) in [5.74, 6) is 0. The van der Waals surface area contributed by atoms with E-state index in [9.17, 15) is 0 Å². The third kappa shape index (κ3) is 755. The van der Waals surface area contributed by atoms with Crippen molar-refractivity contribution in [2.24, 2.45) is 0 Å². The van der Waals surface area contributed by atoms with Crippen LogP contribution in [-0.2, 0) is 4.57 Å². The van der Waals surface area contributed by atoms with Crippen LogP contribution in [-0.4, -0.2) is 29.4 Å². The molecule has 0 radical (unpaired) electrons. The lowest BCUT2D eigenvalue weighted by Crippen LogP contribution is -1.66.